The number of hydrogen-bond acceptors (Lipinski definition) is 6. The highest BCUT2D eigenvalue weighted by Gasteiger charge is 2.01. The summed E-state index contributed by atoms with van der Waals surface area (Å²) in [6.45, 7) is 0.965. The lowest BCUT2D eigenvalue weighted by Gasteiger charge is -2.02. The average Bonchev–Trinajstić information content (AvgIpc) is 2.20. The van der Waals surface area contributed by atoms with Crippen molar-refractivity contribution in [1.82, 2.24) is 0 Å². The fourth-order valence-corrected chi connectivity index (χ4v) is 0.642. The molecule has 0 aromatic heterocycles. The van der Waals surface area contributed by atoms with Gasteiger partial charge in [0.05, 0.1) is 13.2 Å². The topological polar surface area (TPSA) is 78.9 Å². The van der Waals surface area contributed by atoms with Gasteiger partial charge in [0, 0.05) is 6.42 Å². The largest absolute Gasteiger partial charge is 0.465 e. The van der Waals surface area contributed by atoms with E-state index in [1.165, 1.54) is 0 Å². The van der Waals surface area contributed by atoms with E-state index in [1.54, 1.807) is 0 Å². The Morgan fingerprint density at radius 3 is 2.36 bits per heavy atom. The van der Waals surface area contributed by atoms with Gasteiger partial charge in [0.1, 0.15) is 13.2 Å². The first-order valence-electron chi connectivity index (χ1n) is 4.01. The molecule has 0 aliphatic carbocycles. The van der Waals surface area contributed by atoms with Crippen LogP contribution in [-0.4, -0.2) is 45.2 Å². The van der Waals surface area contributed by atoms with Crippen molar-refractivity contribution in [2.75, 3.05) is 26.4 Å². The molecule has 0 aromatic rings. The van der Waals surface area contributed by atoms with Crippen LogP contribution in [0.5, 0.6) is 0 Å². The maximum atomic E-state index is 10.8. The Hall–Kier alpha value is -1.43. The fraction of sp³-hybridized carbons (Fsp3) is 0.625. The van der Waals surface area contributed by atoms with Gasteiger partial charge in [-0.3, -0.25) is 14.4 Å². The summed E-state index contributed by atoms with van der Waals surface area (Å²) < 4.78 is 13.5. The second-order valence-corrected chi connectivity index (χ2v) is 2.28. The van der Waals surface area contributed by atoms with E-state index in [9.17, 15) is 14.4 Å². The molecule has 0 saturated heterocycles. The average molecular weight is 204 g/mol. The van der Waals surface area contributed by atoms with E-state index in [4.69, 9.17) is 4.74 Å². The first-order valence-corrected chi connectivity index (χ1v) is 4.01. The molecule has 0 spiro atoms. The SMILES string of the molecule is O=COCCOCCC(=O)COC=O. The quantitative estimate of drug-likeness (QED) is 0.346. The molecule has 0 amide bonds. The Labute approximate surface area is 81.1 Å². The van der Waals surface area contributed by atoms with Crippen LogP contribution in [-0.2, 0) is 28.6 Å². The van der Waals surface area contributed by atoms with Crippen molar-refractivity contribution in [2.24, 2.45) is 0 Å². The summed E-state index contributed by atoms with van der Waals surface area (Å²) in [5.41, 5.74) is 0. The summed E-state index contributed by atoms with van der Waals surface area (Å²) in [6.07, 6.45) is 0.176. The summed E-state index contributed by atoms with van der Waals surface area (Å²) in [4.78, 5) is 30.2. The van der Waals surface area contributed by atoms with Gasteiger partial charge in [-0.1, -0.05) is 0 Å². The zero-order valence-electron chi connectivity index (χ0n) is 7.64. The van der Waals surface area contributed by atoms with Crippen molar-refractivity contribution < 1.29 is 28.6 Å². The normalized spacial score (nSPS) is 9.14. The summed E-state index contributed by atoms with van der Waals surface area (Å²) in [5, 5.41) is 0. The molecular formula is C8H12O6. The molecule has 0 aliphatic rings. The van der Waals surface area contributed by atoms with Crippen LogP contribution < -0.4 is 0 Å². The molecule has 0 heterocycles. The van der Waals surface area contributed by atoms with E-state index < -0.39 is 0 Å². The van der Waals surface area contributed by atoms with Gasteiger partial charge < -0.3 is 14.2 Å². The van der Waals surface area contributed by atoms with Crippen LogP contribution in [0.2, 0.25) is 0 Å². The fourth-order valence-electron chi connectivity index (χ4n) is 0.642. The van der Waals surface area contributed by atoms with E-state index in [2.05, 4.69) is 9.47 Å². The first kappa shape index (κ1) is 12.6. The molecule has 6 heteroatoms. The predicted octanol–water partition coefficient (Wildman–Crippen LogP) is -0.692. The minimum absolute atomic E-state index is 0.169. The van der Waals surface area contributed by atoms with E-state index >= 15 is 0 Å². The van der Waals surface area contributed by atoms with Gasteiger partial charge in [-0.05, 0) is 0 Å². The minimum atomic E-state index is -0.225. The van der Waals surface area contributed by atoms with E-state index in [0.29, 0.717) is 6.47 Å². The highest BCUT2D eigenvalue weighted by molar-refractivity contribution is 5.80. The summed E-state index contributed by atoms with van der Waals surface area (Å²) in [6, 6.07) is 0. The summed E-state index contributed by atoms with van der Waals surface area (Å²) in [7, 11) is 0. The zero-order valence-corrected chi connectivity index (χ0v) is 7.64. The van der Waals surface area contributed by atoms with Gasteiger partial charge >= 0.3 is 0 Å². The number of rotatable bonds is 10. The third-order valence-corrected chi connectivity index (χ3v) is 1.25. The predicted molar refractivity (Wildman–Crippen MR) is 44.5 cm³/mol. The molecule has 6 nitrogen and oxygen atoms in total. The number of ether oxygens (including phenoxy) is 3. The molecule has 14 heavy (non-hydrogen) atoms. The van der Waals surface area contributed by atoms with Crippen LogP contribution in [0.3, 0.4) is 0 Å². The Morgan fingerprint density at radius 1 is 1.00 bits per heavy atom. The lowest BCUT2D eigenvalue weighted by Crippen LogP contribution is -2.12. The van der Waals surface area contributed by atoms with Crippen molar-refractivity contribution in [3.8, 4) is 0 Å². The smallest absolute Gasteiger partial charge is 0.293 e. The highest BCUT2D eigenvalue weighted by atomic mass is 16.5. The monoisotopic (exact) mass is 204 g/mol. The van der Waals surface area contributed by atoms with E-state index in [0.717, 1.165) is 0 Å². The lowest BCUT2D eigenvalue weighted by molar-refractivity contribution is -0.137. The lowest BCUT2D eigenvalue weighted by atomic mass is 10.3. The van der Waals surface area contributed by atoms with Gasteiger partial charge in [0.15, 0.2) is 5.78 Å². The van der Waals surface area contributed by atoms with Crippen molar-refractivity contribution in [3.63, 3.8) is 0 Å². The van der Waals surface area contributed by atoms with Crippen LogP contribution in [0.4, 0.5) is 0 Å². The summed E-state index contributed by atoms with van der Waals surface area (Å²) >= 11 is 0. The van der Waals surface area contributed by atoms with Gasteiger partial charge in [-0.25, -0.2) is 0 Å². The Morgan fingerprint density at radius 2 is 1.71 bits per heavy atom. The Balaban J connectivity index is 3.14. The van der Waals surface area contributed by atoms with Gasteiger partial charge in [-0.15, -0.1) is 0 Å². The molecule has 0 aromatic carbocycles. The standard InChI is InChI=1S/C8H12O6/c9-6-13-4-3-12-2-1-8(11)5-14-7-10/h6-7H,1-5H2. The molecule has 0 unspecified atom stereocenters. The van der Waals surface area contributed by atoms with Crippen LogP contribution in [0, 0.1) is 0 Å². The molecule has 0 rings (SSSR count). The van der Waals surface area contributed by atoms with Crippen molar-refractivity contribution in [1.29, 1.82) is 0 Å². The van der Waals surface area contributed by atoms with Crippen molar-refractivity contribution in [2.45, 2.75) is 6.42 Å². The molecule has 0 N–H and O–H groups in total. The number of carbonyl (C=O) groups excluding carboxylic acids is 3. The maximum absolute atomic E-state index is 10.8. The Bertz CT molecular complexity index is 179. The number of hydrogen-bond donors (Lipinski definition) is 0. The molecule has 80 valence electrons. The second-order valence-electron chi connectivity index (χ2n) is 2.28. The molecule has 0 atom stereocenters. The van der Waals surface area contributed by atoms with Crippen LogP contribution in [0.1, 0.15) is 6.42 Å². The maximum Gasteiger partial charge on any atom is 0.293 e. The number of ketones is 1. The molecule has 0 fully saturated rings. The molecule has 0 saturated carbocycles. The molecule has 0 aliphatic heterocycles. The van der Waals surface area contributed by atoms with Crippen molar-refractivity contribution >= 4 is 18.7 Å². The highest BCUT2D eigenvalue weighted by Crippen LogP contribution is 1.86. The van der Waals surface area contributed by atoms with Crippen molar-refractivity contribution in [3.05, 3.63) is 0 Å². The third-order valence-electron chi connectivity index (χ3n) is 1.25. The van der Waals surface area contributed by atoms with Crippen LogP contribution >= 0.6 is 0 Å². The zero-order chi connectivity index (χ0) is 10.6. The summed E-state index contributed by atoms with van der Waals surface area (Å²) in [5.74, 6) is -0.214. The number of carbonyl (C=O) groups is 3. The van der Waals surface area contributed by atoms with E-state index in [1.807, 2.05) is 0 Å². The van der Waals surface area contributed by atoms with E-state index in [-0.39, 0.29) is 45.1 Å². The van der Waals surface area contributed by atoms with Crippen LogP contribution in [0.25, 0.3) is 0 Å². The second kappa shape index (κ2) is 9.66. The first-order chi connectivity index (χ1) is 6.81. The minimum Gasteiger partial charge on any atom is -0.465 e. The van der Waals surface area contributed by atoms with Gasteiger partial charge in [0.25, 0.3) is 12.9 Å². The van der Waals surface area contributed by atoms with Gasteiger partial charge in [-0.2, -0.15) is 0 Å². The Kier molecular flexibility index (Phi) is 8.67. The third kappa shape index (κ3) is 8.66. The number of Topliss-reactive ketones (excluding diaryl/α,β-unsaturated/α-hetero) is 1. The molecular weight excluding hydrogens is 192 g/mol. The van der Waals surface area contributed by atoms with Crippen LogP contribution in [0.15, 0.2) is 0 Å². The molecule has 0 radical (unpaired) electrons. The molecule has 0 bridgehead atoms. The van der Waals surface area contributed by atoms with Gasteiger partial charge in [0.2, 0.25) is 0 Å².